The molecule has 0 atom stereocenters. The maximum atomic E-state index is 5.43. The van der Waals surface area contributed by atoms with Crippen molar-refractivity contribution in [1.29, 1.82) is 0 Å². The summed E-state index contributed by atoms with van der Waals surface area (Å²) in [5.41, 5.74) is 5.58. The summed E-state index contributed by atoms with van der Waals surface area (Å²) in [6.45, 7) is 8.23. The van der Waals surface area contributed by atoms with E-state index in [2.05, 4.69) is 70.9 Å². The van der Waals surface area contributed by atoms with Gasteiger partial charge in [0.05, 0.1) is 19.7 Å². The summed E-state index contributed by atoms with van der Waals surface area (Å²) in [6, 6.07) is 18.9. The van der Waals surface area contributed by atoms with Gasteiger partial charge in [-0.15, -0.1) is 0 Å². The third kappa shape index (κ3) is 7.04. The number of aryl methyl sites for hydroxylation is 2. The molecule has 0 radical (unpaired) electrons. The van der Waals surface area contributed by atoms with Crippen LogP contribution in [0, 0.1) is 13.8 Å². The number of ether oxygens (including phenoxy) is 2. The van der Waals surface area contributed by atoms with Gasteiger partial charge in [0.25, 0.3) is 0 Å². The Balaban J connectivity index is 1.19. The smallest absolute Gasteiger partial charge is 0.119 e. The Labute approximate surface area is 221 Å². The number of anilines is 2. The molecule has 1 aromatic heterocycles. The summed E-state index contributed by atoms with van der Waals surface area (Å²) < 4.78 is 10.8. The quantitative estimate of drug-likeness (QED) is 0.201. The van der Waals surface area contributed by atoms with Crippen molar-refractivity contribution in [2.75, 3.05) is 58.1 Å². The number of benzene rings is 3. The molecule has 37 heavy (non-hydrogen) atoms. The van der Waals surface area contributed by atoms with E-state index in [0.717, 1.165) is 79.2 Å². The van der Waals surface area contributed by atoms with Crippen molar-refractivity contribution in [3.63, 3.8) is 0 Å². The fourth-order valence-electron chi connectivity index (χ4n) is 4.78. The molecular formula is C31H40N4O2. The molecule has 0 spiro atoms. The highest BCUT2D eigenvalue weighted by atomic mass is 16.5. The topological polar surface area (TPSA) is 58.7 Å². The van der Waals surface area contributed by atoms with Crippen molar-refractivity contribution in [1.82, 2.24) is 9.88 Å². The third-order valence-electron chi connectivity index (χ3n) is 6.76. The minimum absolute atomic E-state index is 0.853. The molecule has 0 aliphatic carbocycles. The summed E-state index contributed by atoms with van der Waals surface area (Å²) >= 11 is 0. The van der Waals surface area contributed by atoms with E-state index in [-0.39, 0.29) is 0 Å². The van der Waals surface area contributed by atoms with E-state index in [4.69, 9.17) is 9.47 Å². The average molecular weight is 501 g/mol. The second-order valence-electron chi connectivity index (χ2n) is 9.81. The van der Waals surface area contributed by atoms with Crippen LogP contribution in [-0.2, 0) is 0 Å². The van der Waals surface area contributed by atoms with Gasteiger partial charge in [0.15, 0.2) is 0 Å². The van der Waals surface area contributed by atoms with Crippen molar-refractivity contribution < 1.29 is 9.47 Å². The largest absolute Gasteiger partial charge is 0.497 e. The van der Waals surface area contributed by atoms with Gasteiger partial charge in [0.2, 0.25) is 0 Å². The highest BCUT2D eigenvalue weighted by Crippen LogP contribution is 2.29. The molecule has 6 heteroatoms. The second-order valence-corrected chi connectivity index (χ2v) is 9.81. The number of hydrogen-bond donors (Lipinski definition) is 2. The summed E-state index contributed by atoms with van der Waals surface area (Å²) in [5, 5.41) is 10.8. The van der Waals surface area contributed by atoms with Crippen molar-refractivity contribution in [2.45, 2.75) is 33.1 Å². The molecule has 4 aromatic rings. The normalized spacial score (nSPS) is 11.3. The van der Waals surface area contributed by atoms with Gasteiger partial charge in [-0.05, 0) is 107 Å². The van der Waals surface area contributed by atoms with Crippen LogP contribution < -0.4 is 20.1 Å². The Kier molecular flexibility index (Phi) is 9.07. The van der Waals surface area contributed by atoms with Crippen LogP contribution in [0.25, 0.3) is 21.7 Å². The van der Waals surface area contributed by atoms with Crippen LogP contribution in [0.2, 0.25) is 0 Å². The maximum absolute atomic E-state index is 5.43. The zero-order valence-corrected chi connectivity index (χ0v) is 22.9. The molecule has 6 nitrogen and oxygen atoms in total. The van der Waals surface area contributed by atoms with Gasteiger partial charge in [-0.1, -0.05) is 12.1 Å². The Morgan fingerprint density at radius 1 is 0.730 bits per heavy atom. The van der Waals surface area contributed by atoms with E-state index in [0.29, 0.717) is 0 Å². The maximum Gasteiger partial charge on any atom is 0.119 e. The third-order valence-corrected chi connectivity index (χ3v) is 6.76. The number of aromatic nitrogens is 1. The van der Waals surface area contributed by atoms with E-state index < -0.39 is 0 Å². The fourth-order valence-corrected chi connectivity index (χ4v) is 4.78. The first-order valence-corrected chi connectivity index (χ1v) is 13.2. The van der Waals surface area contributed by atoms with Gasteiger partial charge < -0.3 is 25.0 Å². The monoisotopic (exact) mass is 500 g/mol. The van der Waals surface area contributed by atoms with Crippen molar-refractivity contribution in [3.05, 3.63) is 65.9 Å². The molecule has 0 bridgehead atoms. The zero-order chi connectivity index (χ0) is 26.2. The van der Waals surface area contributed by atoms with E-state index in [9.17, 15) is 0 Å². The van der Waals surface area contributed by atoms with Crippen LogP contribution in [0.3, 0.4) is 0 Å². The molecule has 3 aromatic carbocycles. The van der Waals surface area contributed by atoms with Gasteiger partial charge in [-0.2, -0.15) is 0 Å². The summed E-state index contributed by atoms with van der Waals surface area (Å²) in [5.74, 6) is 1.74. The first-order chi connectivity index (χ1) is 18.0. The van der Waals surface area contributed by atoms with Crippen LogP contribution in [-0.4, -0.2) is 57.3 Å². The van der Waals surface area contributed by atoms with E-state index >= 15 is 0 Å². The Bertz CT molecular complexity index is 1340. The average Bonchev–Trinajstić information content (AvgIpc) is 2.90. The Morgan fingerprint density at radius 2 is 1.38 bits per heavy atom. The highest BCUT2D eigenvalue weighted by molar-refractivity contribution is 5.95. The summed E-state index contributed by atoms with van der Waals surface area (Å²) in [4.78, 5) is 7.07. The number of nitrogens with zero attached hydrogens (tertiary/aromatic N) is 2. The highest BCUT2D eigenvalue weighted by Gasteiger charge is 2.07. The lowest BCUT2D eigenvalue weighted by atomic mass is 10.0. The molecular weight excluding hydrogens is 460 g/mol. The standard InChI is InChI=1S/C31H40N4O2/c1-22-17-24-9-10-25(36-4)20-27(24)30(18-22)32-13-6-7-15-35(3)16-8-14-33-31-19-23(2)34-29-12-11-26(37-5)21-28(29)31/h9-12,17-21,32H,6-8,13-16H2,1-5H3,(H,33,34). The Morgan fingerprint density at radius 3 is 2.14 bits per heavy atom. The van der Waals surface area contributed by atoms with E-state index in [1.54, 1.807) is 14.2 Å². The van der Waals surface area contributed by atoms with Crippen molar-refractivity contribution in [3.8, 4) is 11.5 Å². The number of pyridine rings is 1. The van der Waals surface area contributed by atoms with Gasteiger partial charge in [-0.3, -0.25) is 4.98 Å². The second kappa shape index (κ2) is 12.6. The van der Waals surface area contributed by atoms with Crippen molar-refractivity contribution >= 4 is 33.1 Å². The lowest BCUT2D eigenvalue weighted by Crippen LogP contribution is -2.23. The molecule has 2 N–H and O–H groups in total. The van der Waals surface area contributed by atoms with Crippen LogP contribution in [0.1, 0.15) is 30.5 Å². The number of methoxy groups -OCH3 is 2. The van der Waals surface area contributed by atoms with Gasteiger partial charge in [0, 0.05) is 40.9 Å². The van der Waals surface area contributed by atoms with Crippen LogP contribution in [0.5, 0.6) is 11.5 Å². The van der Waals surface area contributed by atoms with Crippen LogP contribution >= 0.6 is 0 Å². The molecule has 0 fully saturated rings. The molecule has 0 amide bonds. The lowest BCUT2D eigenvalue weighted by molar-refractivity contribution is 0.326. The van der Waals surface area contributed by atoms with E-state index in [1.807, 2.05) is 25.1 Å². The minimum Gasteiger partial charge on any atom is -0.497 e. The number of fused-ring (bicyclic) bond motifs is 2. The number of rotatable bonds is 13. The number of nitrogens with one attached hydrogen (secondary N) is 2. The van der Waals surface area contributed by atoms with Crippen molar-refractivity contribution in [2.24, 2.45) is 0 Å². The number of hydrogen-bond acceptors (Lipinski definition) is 6. The predicted octanol–water partition coefficient (Wildman–Crippen LogP) is 6.65. The van der Waals surface area contributed by atoms with Gasteiger partial charge >= 0.3 is 0 Å². The Hall–Kier alpha value is -3.51. The fraction of sp³-hybridized carbons (Fsp3) is 0.387. The molecule has 0 unspecified atom stereocenters. The minimum atomic E-state index is 0.853. The molecule has 0 saturated heterocycles. The zero-order valence-electron chi connectivity index (χ0n) is 22.9. The molecule has 1 heterocycles. The first-order valence-electron chi connectivity index (χ1n) is 13.2. The molecule has 4 rings (SSSR count). The lowest BCUT2D eigenvalue weighted by Gasteiger charge is -2.18. The SMILES string of the molecule is COc1ccc2cc(C)cc(NCCCCN(C)CCCNc3cc(C)nc4ccc(OC)cc34)c2c1. The van der Waals surface area contributed by atoms with Gasteiger partial charge in [-0.25, -0.2) is 0 Å². The molecule has 0 aliphatic heterocycles. The van der Waals surface area contributed by atoms with E-state index in [1.165, 1.54) is 22.0 Å². The van der Waals surface area contributed by atoms with Crippen LogP contribution in [0.4, 0.5) is 11.4 Å². The van der Waals surface area contributed by atoms with Crippen LogP contribution in [0.15, 0.2) is 54.6 Å². The van der Waals surface area contributed by atoms with Gasteiger partial charge in [0.1, 0.15) is 11.5 Å². The summed E-state index contributed by atoms with van der Waals surface area (Å²) in [6.07, 6.45) is 3.38. The summed E-state index contributed by atoms with van der Waals surface area (Å²) in [7, 11) is 5.63. The number of unbranched alkanes of at least 4 members (excludes halogenated alkanes) is 1. The predicted molar refractivity (Wildman–Crippen MR) is 157 cm³/mol. The molecule has 196 valence electrons. The molecule has 0 saturated carbocycles. The first kappa shape index (κ1) is 26.6. The molecule has 0 aliphatic rings.